The molecule has 0 heterocycles. The van der Waals surface area contributed by atoms with Crippen LogP contribution < -0.4 is 0 Å². The first-order valence-corrected chi connectivity index (χ1v) is 3.96. The number of allylic oxidation sites excluding steroid dienone is 2. The Morgan fingerprint density at radius 3 is 2.50 bits per heavy atom. The standard InChI is InChI=1S/C9H14O3/c1-12-9(11)7-5-3-2-4-6-8-10/h2-3,8H,4-7H2,1H3. The lowest BCUT2D eigenvalue weighted by Gasteiger charge is -1.93. The van der Waals surface area contributed by atoms with Crippen molar-refractivity contribution in [2.75, 3.05) is 7.11 Å². The molecule has 3 nitrogen and oxygen atoms in total. The van der Waals surface area contributed by atoms with E-state index in [9.17, 15) is 9.59 Å². The molecule has 0 aliphatic heterocycles. The number of ether oxygens (including phenoxy) is 1. The molecular weight excluding hydrogens is 156 g/mol. The Morgan fingerprint density at radius 1 is 1.25 bits per heavy atom. The van der Waals surface area contributed by atoms with Gasteiger partial charge < -0.3 is 9.53 Å². The highest BCUT2D eigenvalue weighted by atomic mass is 16.5. The number of aldehydes is 1. The Bertz CT molecular complexity index is 161. The lowest BCUT2D eigenvalue weighted by molar-refractivity contribution is -0.140. The topological polar surface area (TPSA) is 43.4 Å². The fourth-order valence-electron chi connectivity index (χ4n) is 0.703. The molecule has 0 N–H and O–H groups in total. The molecule has 0 aromatic carbocycles. The number of unbranched alkanes of at least 4 members (excludes halogenated alkanes) is 1. The van der Waals surface area contributed by atoms with Crippen LogP contribution in [0.5, 0.6) is 0 Å². The van der Waals surface area contributed by atoms with E-state index in [1.807, 2.05) is 12.2 Å². The number of rotatable bonds is 6. The van der Waals surface area contributed by atoms with Crippen LogP contribution in [0.2, 0.25) is 0 Å². The lowest BCUT2D eigenvalue weighted by atomic mass is 10.2. The van der Waals surface area contributed by atoms with Crippen molar-refractivity contribution in [3.63, 3.8) is 0 Å². The number of carbonyl (C=O) groups is 2. The van der Waals surface area contributed by atoms with Crippen LogP contribution in [-0.4, -0.2) is 19.4 Å². The number of methoxy groups -OCH3 is 1. The van der Waals surface area contributed by atoms with Gasteiger partial charge in [0.1, 0.15) is 6.29 Å². The van der Waals surface area contributed by atoms with Crippen LogP contribution in [0.25, 0.3) is 0 Å². The first-order valence-electron chi connectivity index (χ1n) is 3.96. The van der Waals surface area contributed by atoms with E-state index in [4.69, 9.17) is 0 Å². The fourth-order valence-corrected chi connectivity index (χ4v) is 0.703. The monoisotopic (exact) mass is 170 g/mol. The maximum Gasteiger partial charge on any atom is 0.305 e. The van der Waals surface area contributed by atoms with Gasteiger partial charge in [0.05, 0.1) is 7.11 Å². The summed E-state index contributed by atoms with van der Waals surface area (Å²) in [5.41, 5.74) is 0. The van der Waals surface area contributed by atoms with Gasteiger partial charge in [-0.05, 0) is 12.8 Å². The summed E-state index contributed by atoms with van der Waals surface area (Å²) in [6.07, 6.45) is 7.07. The highest BCUT2D eigenvalue weighted by Crippen LogP contribution is 1.95. The molecule has 0 aromatic heterocycles. The molecule has 0 unspecified atom stereocenters. The van der Waals surface area contributed by atoms with Crippen LogP contribution in [0.3, 0.4) is 0 Å². The summed E-state index contributed by atoms with van der Waals surface area (Å²) < 4.78 is 4.45. The van der Waals surface area contributed by atoms with Gasteiger partial charge in [0.15, 0.2) is 0 Å². The van der Waals surface area contributed by atoms with Crippen LogP contribution in [0.15, 0.2) is 12.2 Å². The minimum Gasteiger partial charge on any atom is -0.469 e. The van der Waals surface area contributed by atoms with Crippen molar-refractivity contribution in [3.05, 3.63) is 12.2 Å². The Morgan fingerprint density at radius 2 is 1.92 bits per heavy atom. The molecule has 0 amide bonds. The van der Waals surface area contributed by atoms with E-state index in [0.29, 0.717) is 19.3 Å². The molecule has 0 fully saturated rings. The minimum atomic E-state index is -0.199. The van der Waals surface area contributed by atoms with Gasteiger partial charge in [0.2, 0.25) is 0 Å². The van der Waals surface area contributed by atoms with Crippen molar-refractivity contribution >= 4 is 12.3 Å². The van der Waals surface area contributed by atoms with E-state index >= 15 is 0 Å². The molecule has 0 aliphatic rings. The SMILES string of the molecule is COC(=O)CCC=CCCC=O. The van der Waals surface area contributed by atoms with Gasteiger partial charge in [-0.1, -0.05) is 12.2 Å². The number of hydrogen-bond acceptors (Lipinski definition) is 3. The molecule has 0 spiro atoms. The van der Waals surface area contributed by atoms with Crippen LogP contribution >= 0.6 is 0 Å². The molecule has 0 aliphatic carbocycles. The summed E-state index contributed by atoms with van der Waals surface area (Å²) in [7, 11) is 1.37. The number of carbonyl (C=O) groups excluding carboxylic acids is 2. The molecule has 0 bridgehead atoms. The highest BCUT2D eigenvalue weighted by molar-refractivity contribution is 5.69. The predicted molar refractivity (Wildman–Crippen MR) is 45.7 cm³/mol. The lowest BCUT2D eigenvalue weighted by Crippen LogP contribution is -1.97. The Labute approximate surface area is 72.4 Å². The number of hydrogen-bond donors (Lipinski definition) is 0. The van der Waals surface area contributed by atoms with Gasteiger partial charge >= 0.3 is 5.97 Å². The minimum absolute atomic E-state index is 0.199. The van der Waals surface area contributed by atoms with E-state index in [2.05, 4.69) is 4.74 Å². The third-order valence-electron chi connectivity index (χ3n) is 1.36. The van der Waals surface area contributed by atoms with Crippen molar-refractivity contribution in [1.29, 1.82) is 0 Å². The van der Waals surface area contributed by atoms with Gasteiger partial charge in [0, 0.05) is 12.8 Å². The van der Waals surface area contributed by atoms with E-state index in [-0.39, 0.29) is 5.97 Å². The zero-order valence-corrected chi connectivity index (χ0v) is 7.29. The van der Waals surface area contributed by atoms with E-state index in [1.165, 1.54) is 7.11 Å². The second kappa shape index (κ2) is 7.98. The highest BCUT2D eigenvalue weighted by Gasteiger charge is 1.94. The molecule has 0 saturated carbocycles. The summed E-state index contributed by atoms with van der Waals surface area (Å²) in [5, 5.41) is 0. The van der Waals surface area contributed by atoms with Gasteiger partial charge in [-0.25, -0.2) is 0 Å². The quantitative estimate of drug-likeness (QED) is 0.262. The molecule has 0 rings (SSSR count). The van der Waals surface area contributed by atoms with E-state index in [0.717, 1.165) is 12.7 Å². The third kappa shape index (κ3) is 6.99. The fraction of sp³-hybridized carbons (Fsp3) is 0.556. The summed E-state index contributed by atoms with van der Waals surface area (Å²) >= 11 is 0. The first kappa shape index (κ1) is 10.9. The molecule has 0 radical (unpaired) electrons. The van der Waals surface area contributed by atoms with E-state index in [1.54, 1.807) is 0 Å². The molecule has 3 heteroatoms. The normalized spacial score (nSPS) is 10.1. The van der Waals surface area contributed by atoms with Gasteiger partial charge in [-0.3, -0.25) is 4.79 Å². The van der Waals surface area contributed by atoms with Crippen LogP contribution in [-0.2, 0) is 14.3 Å². The van der Waals surface area contributed by atoms with Gasteiger partial charge in [-0.15, -0.1) is 0 Å². The van der Waals surface area contributed by atoms with Gasteiger partial charge in [-0.2, -0.15) is 0 Å². The average Bonchev–Trinajstić information content (AvgIpc) is 2.10. The van der Waals surface area contributed by atoms with Crippen molar-refractivity contribution in [2.24, 2.45) is 0 Å². The summed E-state index contributed by atoms with van der Waals surface area (Å²) in [4.78, 5) is 20.5. The summed E-state index contributed by atoms with van der Waals surface area (Å²) in [6.45, 7) is 0. The molecule has 0 atom stereocenters. The summed E-state index contributed by atoms with van der Waals surface area (Å²) in [6, 6.07) is 0. The predicted octanol–water partition coefficient (Wildman–Crippen LogP) is 1.47. The maximum atomic E-state index is 10.6. The van der Waals surface area contributed by atoms with Crippen molar-refractivity contribution in [3.8, 4) is 0 Å². The second-order valence-electron chi connectivity index (χ2n) is 2.33. The maximum absolute atomic E-state index is 10.6. The first-order chi connectivity index (χ1) is 5.81. The molecule has 12 heavy (non-hydrogen) atoms. The van der Waals surface area contributed by atoms with Crippen molar-refractivity contribution in [2.45, 2.75) is 25.7 Å². The Kier molecular flexibility index (Phi) is 7.24. The van der Waals surface area contributed by atoms with Crippen molar-refractivity contribution in [1.82, 2.24) is 0 Å². The Balaban J connectivity index is 3.23. The van der Waals surface area contributed by atoms with Crippen LogP contribution in [0.1, 0.15) is 25.7 Å². The summed E-state index contributed by atoms with van der Waals surface area (Å²) in [5.74, 6) is -0.199. The van der Waals surface area contributed by atoms with Crippen molar-refractivity contribution < 1.29 is 14.3 Å². The zero-order valence-electron chi connectivity index (χ0n) is 7.29. The Hall–Kier alpha value is -1.12. The van der Waals surface area contributed by atoms with Crippen LogP contribution in [0.4, 0.5) is 0 Å². The van der Waals surface area contributed by atoms with Gasteiger partial charge in [0.25, 0.3) is 0 Å². The average molecular weight is 170 g/mol. The molecule has 0 aromatic rings. The molecule has 68 valence electrons. The largest absolute Gasteiger partial charge is 0.469 e. The van der Waals surface area contributed by atoms with Crippen LogP contribution in [0, 0.1) is 0 Å². The smallest absolute Gasteiger partial charge is 0.305 e. The number of esters is 1. The zero-order chi connectivity index (χ0) is 9.23. The third-order valence-corrected chi connectivity index (χ3v) is 1.36. The second-order valence-corrected chi connectivity index (χ2v) is 2.33. The molecule has 0 saturated heterocycles. The molecular formula is C9H14O3. The van der Waals surface area contributed by atoms with E-state index < -0.39 is 0 Å².